The van der Waals surface area contributed by atoms with Crippen molar-refractivity contribution in [3.63, 3.8) is 0 Å². The van der Waals surface area contributed by atoms with Gasteiger partial charge < -0.3 is 15.6 Å². The lowest BCUT2D eigenvalue weighted by Crippen LogP contribution is -2.13. The van der Waals surface area contributed by atoms with Gasteiger partial charge in [-0.15, -0.1) is 0 Å². The molecule has 1 aliphatic rings. The van der Waals surface area contributed by atoms with Gasteiger partial charge in [0.1, 0.15) is 5.82 Å². The van der Waals surface area contributed by atoms with E-state index in [-0.39, 0.29) is 5.56 Å². The maximum Gasteiger partial charge on any atom is 0.248 e. The third-order valence-corrected chi connectivity index (χ3v) is 3.78. The van der Waals surface area contributed by atoms with Gasteiger partial charge in [-0.1, -0.05) is 0 Å². The number of hydrogen-bond donors (Lipinski definition) is 2. The number of benzene rings is 1. The summed E-state index contributed by atoms with van der Waals surface area (Å²) in [7, 11) is 0. The van der Waals surface area contributed by atoms with E-state index in [1.807, 2.05) is 6.33 Å². The highest BCUT2D eigenvalue weighted by Crippen LogP contribution is 2.35. The summed E-state index contributed by atoms with van der Waals surface area (Å²) in [6.45, 7) is 2.19. The van der Waals surface area contributed by atoms with Crippen LogP contribution in [0.15, 0.2) is 24.7 Å². The minimum absolute atomic E-state index is 0.163. The van der Waals surface area contributed by atoms with Crippen molar-refractivity contribution in [2.45, 2.75) is 32.4 Å². The van der Waals surface area contributed by atoms with Gasteiger partial charge >= 0.3 is 0 Å². The zero-order valence-corrected chi connectivity index (χ0v) is 11.8. The molecule has 1 aliphatic carbocycles. The highest BCUT2D eigenvalue weighted by molar-refractivity contribution is 5.94. The number of nitrogens with zero attached hydrogens (tertiary/aromatic N) is 2. The minimum Gasteiger partial charge on any atom is -0.379 e. The Kier molecular flexibility index (Phi) is 3.37. The number of carbonyl (C=O) groups is 1. The molecule has 3 rings (SSSR count). The third kappa shape index (κ3) is 2.74. The maximum atomic E-state index is 13.8. The van der Waals surface area contributed by atoms with Crippen LogP contribution in [0.25, 0.3) is 0 Å². The summed E-state index contributed by atoms with van der Waals surface area (Å²) in [5, 5.41) is 3.17. The smallest absolute Gasteiger partial charge is 0.248 e. The quantitative estimate of drug-likeness (QED) is 0.887. The Balaban J connectivity index is 1.81. The summed E-state index contributed by atoms with van der Waals surface area (Å²) in [5.74, 6) is -1.08. The predicted octanol–water partition coefficient (Wildman–Crippen LogP) is 2.38. The Bertz CT molecular complexity index is 691. The van der Waals surface area contributed by atoms with Crippen molar-refractivity contribution in [2.75, 3.05) is 5.32 Å². The van der Waals surface area contributed by atoms with Crippen LogP contribution >= 0.6 is 0 Å². The van der Waals surface area contributed by atoms with Crippen LogP contribution < -0.4 is 11.1 Å². The van der Waals surface area contributed by atoms with E-state index >= 15 is 0 Å². The van der Waals surface area contributed by atoms with Gasteiger partial charge in [0.2, 0.25) is 5.91 Å². The number of hydrogen-bond acceptors (Lipinski definition) is 3. The average Bonchev–Trinajstić information content (AvgIpc) is 3.19. The van der Waals surface area contributed by atoms with Crippen molar-refractivity contribution in [1.29, 1.82) is 0 Å². The second kappa shape index (κ2) is 5.20. The van der Waals surface area contributed by atoms with Crippen molar-refractivity contribution in [2.24, 2.45) is 5.73 Å². The largest absolute Gasteiger partial charge is 0.379 e. The first kappa shape index (κ1) is 13.6. The first-order valence-electron chi connectivity index (χ1n) is 6.91. The molecule has 1 heterocycles. The highest BCUT2D eigenvalue weighted by Gasteiger charge is 2.25. The molecule has 2 aromatic rings. The molecule has 0 unspecified atom stereocenters. The number of primary amides is 1. The second-order valence-corrected chi connectivity index (χ2v) is 5.37. The molecule has 1 amide bonds. The number of halogens is 1. The third-order valence-electron chi connectivity index (χ3n) is 3.78. The molecule has 110 valence electrons. The molecule has 5 nitrogen and oxygen atoms in total. The molecule has 6 heteroatoms. The van der Waals surface area contributed by atoms with E-state index in [0.717, 1.165) is 11.8 Å². The average molecular weight is 288 g/mol. The van der Waals surface area contributed by atoms with Crippen LogP contribution in [0.4, 0.5) is 10.1 Å². The Labute approximate surface area is 122 Å². The second-order valence-electron chi connectivity index (χ2n) is 5.37. The standard InChI is InChI=1S/C15H17FN4O/c1-9-13(16)4-10(15(17)21)5-14(9)19-7-12-6-18-8-20(12)11-2-3-11/h4-6,8,11,19H,2-3,7H2,1H3,(H2,17,21). The Morgan fingerprint density at radius 3 is 2.95 bits per heavy atom. The van der Waals surface area contributed by atoms with Gasteiger partial charge in [0.25, 0.3) is 0 Å². The number of nitrogens with two attached hydrogens (primary N) is 1. The van der Waals surface area contributed by atoms with Crippen molar-refractivity contribution in [3.05, 3.63) is 47.3 Å². The van der Waals surface area contributed by atoms with Crippen LogP contribution in [0.1, 0.15) is 40.5 Å². The summed E-state index contributed by atoms with van der Waals surface area (Å²) in [6, 6.07) is 3.29. The molecule has 3 N–H and O–H groups in total. The zero-order chi connectivity index (χ0) is 15.0. The number of rotatable bonds is 5. The Morgan fingerprint density at radius 1 is 1.52 bits per heavy atom. The monoisotopic (exact) mass is 288 g/mol. The molecular weight excluding hydrogens is 271 g/mol. The van der Waals surface area contributed by atoms with Gasteiger partial charge in [-0.3, -0.25) is 4.79 Å². The lowest BCUT2D eigenvalue weighted by molar-refractivity contribution is 0.1000. The summed E-state index contributed by atoms with van der Waals surface area (Å²) in [6.07, 6.45) is 5.97. The lowest BCUT2D eigenvalue weighted by Gasteiger charge is -2.13. The van der Waals surface area contributed by atoms with E-state index in [4.69, 9.17) is 5.73 Å². The van der Waals surface area contributed by atoms with E-state index in [1.165, 1.54) is 12.8 Å². The van der Waals surface area contributed by atoms with Crippen molar-refractivity contribution >= 4 is 11.6 Å². The van der Waals surface area contributed by atoms with Gasteiger partial charge in [0, 0.05) is 29.1 Å². The normalized spacial score (nSPS) is 14.2. The fourth-order valence-corrected chi connectivity index (χ4v) is 2.34. The molecule has 0 radical (unpaired) electrons. The Hall–Kier alpha value is -2.37. The molecule has 0 atom stereocenters. The van der Waals surface area contributed by atoms with E-state index in [9.17, 15) is 9.18 Å². The predicted molar refractivity (Wildman–Crippen MR) is 77.5 cm³/mol. The number of anilines is 1. The molecule has 0 saturated heterocycles. The van der Waals surface area contributed by atoms with E-state index < -0.39 is 11.7 Å². The fraction of sp³-hybridized carbons (Fsp3) is 0.333. The van der Waals surface area contributed by atoms with Crippen LogP contribution in [-0.4, -0.2) is 15.5 Å². The van der Waals surface area contributed by atoms with E-state index in [0.29, 0.717) is 23.8 Å². The molecule has 0 aliphatic heterocycles. The van der Waals surface area contributed by atoms with Crippen LogP contribution in [0.2, 0.25) is 0 Å². The number of nitrogens with one attached hydrogen (secondary N) is 1. The number of aromatic nitrogens is 2. The van der Waals surface area contributed by atoms with Crippen molar-refractivity contribution in [3.8, 4) is 0 Å². The SMILES string of the molecule is Cc1c(F)cc(C(N)=O)cc1NCc1cncn1C1CC1. The zero-order valence-electron chi connectivity index (χ0n) is 11.8. The minimum atomic E-state index is -0.639. The van der Waals surface area contributed by atoms with Gasteiger partial charge in [-0.25, -0.2) is 9.37 Å². The fourth-order valence-electron chi connectivity index (χ4n) is 2.34. The van der Waals surface area contributed by atoms with Gasteiger partial charge in [-0.05, 0) is 31.9 Å². The van der Waals surface area contributed by atoms with E-state index in [1.54, 1.807) is 19.2 Å². The van der Waals surface area contributed by atoms with Crippen molar-refractivity contribution in [1.82, 2.24) is 9.55 Å². The van der Waals surface area contributed by atoms with Crippen LogP contribution in [0.5, 0.6) is 0 Å². The molecule has 21 heavy (non-hydrogen) atoms. The molecule has 1 aromatic carbocycles. The number of amides is 1. The maximum absolute atomic E-state index is 13.8. The topological polar surface area (TPSA) is 72.9 Å². The van der Waals surface area contributed by atoms with Crippen LogP contribution in [-0.2, 0) is 6.54 Å². The highest BCUT2D eigenvalue weighted by atomic mass is 19.1. The van der Waals surface area contributed by atoms with Gasteiger partial charge in [-0.2, -0.15) is 0 Å². The van der Waals surface area contributed by atoms with Gasteiger partial charge in [0.05, 0.1) is 18.6 Å². The summed E-state index contributed by atoms with van der Waals surface area (Å²) in [5.41, 5.74) is 7.47. The molecular formula is C15H17FN4O. The summed E-state index contributed by atoms with van der Waals surface area (Å²) >= 11 is 0. The van der Waals surface area contributed by atoms with Gasteiger partial charge in [0.15, 0.2) is 0 Å². The number of imidazole rings is 1. The molecule has 1 saturated carbocycles. The van der Waals surface area contributed by atoms with Crippen molar-refractivity contribution < 1.29 is 9.18 Å². The molecule has 1 fully saturated rings. The summed E-state index contributed by atoms with van der Waals surface area (Å²) in [4.78, 5) is 15.4. The van der Waals surface area contributed by atoms with Crippen LogP contribution in [0, 0.1) is 12.7 Å². The molecule has 1 aromatic heterocycles. The lowest BCUT2D eigenvalue weighted by atomic mass is 10.1. The molecule has 0 spiro atoms. The van der Waals surface area contributed by atoms with Crippen LogP contribution in [0.3, 0.4) is 0 Å². The van der Waals surface area contributed by atoms with E-state index in [2.05, 4.69) is 14.9 Å². The molecule has 0 bridgehead atoms. The first-order valence-corrected chi connectivity index (χ1v) is 6.91. The Morgan fingerprint density at radius 2 is 2.29 bits per heavy atom. The summed E-state index contributed by atoms with van der Waals surface area (Å²) < 4.78 is 16.0. The number of carbonyl (C=O) groups excluding carboxylic acids is 1. The first-order chi connectivity index (χ1) is 10.1.